The van der Waals surface area contributed by atoms with Crippen molar-refractivity contribution in [2.24, 2.45) is 17.8 Å². The van der Waals surface area contributed by atoms with Crippen LogP contribution >= 0.6 is 11.6 Å². The molecule has 4 heterocycles. The molecule has 0 unspecified atom stereocenters. The van der Waals surface area contributed by atoms with E-state index in [1.807, 2.05) is 27.7 Å². The Morgan fingerprint density at radius 2 is 1.26 bits per heavy atom. The first kappa shape index (κ1) is 79.9. The van der Waals surface area contributed by atoms with E-state index in [-0.39, 0.29) is 75.4 Å². The maximum Gasteiger partial charge on any atom is 0.417 e. The third-order valence-electron chi connectivity index (χ3n) is 20.8. The Morgan fingerprint density at radius 1 is 0.633 bits per heavy atom. The van der Waals surface area contributed by atoms with Gasteiger partial charge in [-0.3, -0.25) is 57.5 Å². The van der Waals surface area contributed by atoms with Gasteiger partial charge in [0.2, 0.25) is 70.9 Å². The number of likely N-dealkylation sites (N-methyl/N-ethyl adjacent to an activating group) is 5. The molecule has 1 aromatic rings. The van der Waals surface area contributed by atoms with Gasteiger partial charge in [0.25, 0.3) is 0 Å². The summed E-state index contributed by atoms with van der Waals surface area (Å²) < 4.78 is 41.5. The number of hydrogen-bond acceptors (Lipinski definition) is 12. The van der Waals surface area contributed by atoms with Crippen molar-refractivity contribution in [3.05, 3.63) is 34.3 Å². The Labute approximate surface area is 581 Å². The molecular weight excluding hydrogens is 1290 g/mol. The SMILES string of the molecule is CCCC[C@@H]1NC(=O)[C@H](CCc2ccc(C(F)(F)F)c(Cl)c2)NC(=O)CN(C)C(=O)[C@H](CC2CCCCC2)N(C)C(=O)[C@@H]2CCN2C(=O)CN(C)C(=O)[C@H]([C@@H](C)CC)NC(=O)[C@@H]2CCCCN2C(=O)C[C@@H](C(=O)N2CCCCC2)N(C)C(=O)[C@H](CC(C)C)NC(=O)C(C)(C)N(C)C1=O. The Bertz CT molecular complexity index is 3030. The molecule has 0 spiro atoms. The highest BCUT2D eigenvalue weighted by Gasteiger charge is 2.47. The molecule has 9 atom stereocenters. The van der Waals surface area contributed by atoms with Crippen LogP contribution in [0.5, 0.6) is 0 Å². The first-order chi connectivity index (χ1) is 46.1. The lowest BCUT2D eigenvalue weighted by Crippen LogP contribution is -2.64. The van der Waals surface area contributed by atoms with Gasteiger partial charge in [0.1, 0.15) is 53.9 Å². The molecular formula is C70H108ClF3N12O12. The number of nitrogens with one attached hydrogen (secondary N) is 4. The van der Waals surface area contributed by atoms with Gasteiger partial charge in [-0.25, -0.2) is 0 Å². The molecule has 5 fully saturated rings. The van der Waals surface area contributed by atoms with E-state index in [1.54, 1.807) is 11.8 Å². The fourth-order valence-electron chi connectivity index (χ4n) is 13.9. The van der Waals surface area contributed by atoms with Crippen LogP contribution < -0.4 is 21.3 Å². The second-order valence-electron chi connectivity index (χ2n) is 28.8. The normalized spacial score (nSPS) is 26.6. The Balaban J connectivity index is 1.41. The van der Waals surface area contributed by atoms with E-state index in [2.05, 4.69) is 21.3 Å². The summed E-state index contributed by atoms with van der Waals surface area (Å²) in [6.45, 7) is 11.9. The van der Waals surface area contributed by atoms with Gasteiger partial charge in [-0.2, -0.15) is 13.2 Å². The molecule has 24 nitrogen and oxygen atoms in total. The minimum absolute atomic E-state index is 0.0231. The first-order valence-corrected chi connectivity index (χ1v) is 35.8. The molecule has 98 heavy (non-hydrogen) atoms. The number of benzene rings is 1. The van der Waals surface area contributed by atoms with Gasteiger partial charge in [0.05, 0.1) is 30.1 Å². The molecule has 0 bridgehead atoms. The molecule has 548 valence electrons. The average Bonchev–Trinajstić information content (AvgIpc) is 0.789. The van der Waals surface area contributed by atoms with Crippen molar-refractivity contribution in [1.29, 1.82) is 0 Å². The summed E-state index contributed by atoms with van der Waals surface area (Å²) in [7, 11) is 7.01. The number of aryl methyl sites for hydroxylation is 1. The summed E-state index contributed by atoms with van der Waals surface area (Å²) in [6.07, 6.45) is 4.15. The molecule has 1 aliphatic carbocycles. The van der Waals surface area contributed by atoms with Crippen molar-refractivity contribution in [2.45, 2.75) is 243 Å². The lowest BCUT2D eigenvalue weighted by Gasteiger charge is -2.44. The fraction of sp³-hybridized carbons (Fsp3) is 0.743. The summed E-state index contributed by atoms with van der Waals surface area (Å²) in [5.41, 5.74) is -2.57. The highest BCUT2D eigenvalue weighted by Crippen LogP contribution is 2.36. The number of amides is 12. The minimum atomic E-state index is -4.77. The molecule has 4 saturated heterocycles. The van der Waals surface area contributed by atoms with Crippen molar-refractivity contribution in [3.8, 4) is 0 Å². The first-order valence-electron chi connectivity index (χ1n) is 35.4. The molecule has 0 radical (unpaired) electrons. The minimum Gasteiger partial charge on any atom is -0.343 e. The number of fused-ring (bicyclic) bond motifs is 2. The average molecular weight is 1400 g/mol. The van der Waals surface area contributed by atoms with E-state index in [0.29, 0.717) is 58.0 Å². The van der Waals surface area contributed by atoms with Crippen molar-refractivity contribution in [3.63, 3.8) is 0 Å². The summed E-state index contributed by atoms with van der Waals surface area (Å²) in [5, 5.41) is 10.7. The predicted molar refractivity (Wildman–Crippen MR) is 362 cm³/mol. The standard InChI is InChI=1S/C70H108ClF3N12O12/c1-13-15-26-50-63(93)83(12)69(6,7)68(98)77-51(37-43(3)4)62(92)81(10)55(66(96)84-33-21-17-22-34-84)40-57(88)85-35-23-20-27-52(85)61(91)78-59(44(5)14-2)67(97)80(9)42-58(89)86-36-32-53(86)65(95)82(11)54(39-45-24-18-16-19-25-45)64(94)79(8)41-56(87)75-49(60(90)76-50)31-29-46-28-30-47(48(71)38-46)70(72,73)74/h28,30,38,43-45,49-55,59H,13-27,29,31-37,39-42H2,1-12H3,(H,75,87)(H,76,90)(H,77,98)(H,78,91)/t44-,49-,50-,51-,52-,53-,54-,55-,59-/m0/s1. The molecule has 5 aliphatic rings. The zero-order chi connectivity index (χ0) is 72.7. The highest BCUT2D eigenvalue weighted by molar-refractivity contribution is 6.31. The van der Waals surface area contributed by atoms with E-state index in [1.165, 1.54) is 79.7 Å². The number of alkyl halides is 3. The van der Waals surface area contributed by atoms with Gasteiger partial charge in [-0.05, 0) is 126 Å². The van der Waals surface area contributed by atoms with E-state index >= 15 is 4.79 Å². The summed E-state index contributed by atoms with van der Waals surface area (Å²) in [6, 6.07) is -6.82. The molecule has 4 aliphatic heterocycles. The van der Waals surface area contributed by atoms with E-state index in [4.69, 9.17) is 11.6 Å². The number of likely N-dealkylation sites (tertiary alicyclic amines) is 1. The molecule has 0 aromatic heterocycles. The van der Waals surface area contributed by atoms with E-state index in [0.717, 1.165) is 60.5 Å². The van der Waals surface area contributed by atoms with Crippen LogP contribution in [0, 0.1) is 17.8 Å². The number of nitrogens with zero attached hydrogens (tertiary/aromatic N) is 8. The topological polar surface area (TPSA) is 279 Å². The van der Waals surface area contributed by atoms with Gasteiger partial charge in [0, 0.05) is 61.4 Å². The number of carbonyl (C=O) groups is 12. The molecule has 4 N–H and O–H groups in total. The van der Waals surface area contributed by atoms with Crippen LogP contribution in [0.25, 0.3) is 0 Å². The van der Waals surface area contributed by atoms with E-state index in [9.17, 15) is 65.9 Å². The zero-order valence-electron chi connectivity index (χ0n) is 59.7. The van der Waals surface area contributed by atoms with Crippen molar-refractivity contribution >= 4 is 82.5 Å². The number of unbranched alkanes of at least 4 members (excludes halogenated alkanes) is 1. The third kappa shape index (κ3) is 20.6. The molecule has 6 rings (SSSR count). The van der Waals surface area contributed by atoms with Crippen molar-refractivity contribution in [2.75, 3.05) is 74.5 Å². The quantitative estimate of drug-likeness (QED) is 0.185. The summed E-state index contributed by atoms with van der Waals surface area (Å²) in [4.78, 5) is 187. The van der Waals surface area contributed by atoms with Crippen LogP contribution in [0.2, 0.25) is 5.02 Å². The monoisotopic (exact) mass is 1400 g/mol. The Hall–Kier alpha value is -7.06. The van der Waals surface area contributed by atoms with Gasteiger partial charge < -0.3 is 60.5 Å². The van der Waals surface area contributed by atoms with Gasteiger partial charge in [-0.15, -0.1) is 0 Å². The van der Waals surface area contributed by atoms with Gasteiger partial charge in [0.15, 0.2) is 0 Å². The molecule has 1 aromatic carbocycles. The largest absolute Gasteiger partial charge is 0.417 e. The lowest BCUT2D eigenvalue weighted by atomic mass is 9.84. The smallest absolute Gasteiger partial charge is 0.343 e. The summed E-state index contributed by atoms with van der Waals surface area (Å²) >= 11 is 6.13. The van der Waals surface area contributed by atoms with E-state index < -0.39 is 167 Å². The molecule has 12 amide bonds. The number of rotatable bonds is 13. The van der Waals surface area contributed by atoms with Crippen LogP contribution in [-0.2, 0) is 70.1 Å². The highest BCUT2D eigenvalue weighted by atomic mass is 35.5. The van der Waals surface area contributed by atoms with Crippen molar-refractivity contribution < 1.29 is 70.7 Å². The number of carbonyl (C=O) groups excluding carboxylic acids is 12. The van der Waals surface area contributed by atoms with Crippen LogP contribution in [0.4, 0.5) is 13.2 Å². The van der Waals surface area contributed by atoms with Crippen LogP contribution in [0.1, 0.15) is 188 Å². The number of piperidine rings is 2. The third-order valence-corrected chi connectivity index (χ3v) is 21.1. The second kappa shape index (κ2) is 35.8. The fourth-order valence-corrected chi connectivity index (χ4v) is 14.2. The predicted octanol–water partition coefficient (Wildman–Crippen LogP) is 5.69. The number of halogens is 4. The molecule has 28 heteroatoms. The zero-order valence-corrected chi connectivity index (χ0v) is 60.4. The lowest BCUT2D eigenvalue weighted by molar-refractivity contribution is -0.158. The van der Waals surface area contributed by atoms with Gasteiger partial charge in [-0.1, -0.05) is 104 Å². The number of hydrogen-bond donors (Lipinski definition) is 4. The maximum atomic E-state index is 15.2. The maximum absolute atomic E-state index is 15.2. The Morgan fingerprint density at radius 3 is 1.86 bits per heavy atom. The van der Waals surface area contributed by atoms with Crippen LogP contribution in [-0.4, -0.2) is 238 Å². The molecule has 1 saturated carbocycles. The van der Waals surface area contributed by atoms with Crippen LogP contribution in [0.3, 0.4) is 0 Å². The van der Waals surface area contributed by atoms with Crippen LogP contribution in [0.15, 0.2) is 18.2 Å². The Kier molecular flexibility index (Phi) is 29.2. The van der Waals surface area contributed by atoms with Crippen molar-refractivity contribution in [1.82, 2.24) is 60.5 Å². The summed E-state index contributed by atoms with van der Waals surface area (Å²) in [5.74, 6) is -8.66. The second-order valence-corrected chi connectivity index (χ2v) is 29.2. The van der Waals surface area contributed by atoms with Gasteiger partial charge >= 0.3 is 6.18 Å².